The Labute approximate surface area is 175 Å². The number of para-hydroxylation sites is 1. The van der Waals surface area contributed by atoms with Crippen molar-refractivity contribution in [1.29, 1.82) is 0 Å². The number of nitrogens with two attached hydrogens (primary N) is 1. The van der Waals surface area contributed by atoms with E-state index in [1.54, 1.807) is 7.11 Å². The van der Waals surface area contributed by atoms with E-state index in [9.17, 15) is 4.79 Å². The third kappa shape index (κ3) is 3.64. The standard InChI is InChI=1S/C22H34N2O3.ClH/c1-5-27-18-14-22(23,20(18,2)3)19(25)24-15-21(12-8-9-13-21)16-10-6-7-11-17(16)26-4;/h6-7,10-11,18H,5,8-9,12-15,23H2,1-4H3,(H,24,25);1H. The van der Waals surface area contributed by atoms with Crippen LogP contribution in [0.4, 0.5) is 0 Å². The first-order valence-corrected chi connectivity index (χ1v) is 10.1. The van der Waals surface area contributed by atoms with Gasteiger partial charge < -0.3 is 20.5 Å². The monoisotopic (exact) mass is 410 g/mol. The van der Waals surface area contributed by atoms with Crippen LogP contribution in [0.2, 0.25) is 0 Å². The molecule has 6 heteroatoms. The normalized spacial score (nSPS) is 27.4. The molecule has 2 unspecified atom stereocenters. The number of carbonyl (C=O) groups excluding carboxylic acids is 1. The molecule has 1 aromatic rings. The topological polar surface area (TPSA) is 73.6 Å². The van der Waals surface area contributed by atoms with Crippen LogP contribution in [0.15, 0.2) is 24.3 Å². The highest BCUT2D eigenvalue weighted by Crippen LogP contribution is 2.50. The molecule has 2 aliphatic carbocycles. The molecule has 2 atom stereocenters. The number of halogens is 1. The van der Waals surface area contributed by atoms with Gasteiger partial charge in [-0.05, 0) is 25.8 Å². The summed E-state index contributed by atoms with van der Waals surface area (Å²) in [5.41, 5.74) is 6.41. The van der Waals surface area contributed by atoms with Crippen molar-refractivity contribution in [2.45, 2.75) is 69.9 Å². The van der Waals surface area contributed by atoms with Crippen LogP contribution in [-0.4, -0.2) is 37.8 Å². The molecule has 28 heavy (non-hydrogen) atoms. The van der Waals surface area contributed by atoms with E-state index in [1.807, 2.05) is 39.0 Å². The van der Waals surface area contributed by atoms with Crippen molar-refractivity contribution in [3.63, 3.8) is 0 Å². The number of amides is 1. The van der Waals surface area contributed by atoms with Crippen LogP contribution in [-0.2, 0) is 14.9 Å². The van der Waals surface area contributed by atoms with Crippen LogP contribution < -0.4 is 15.8 Å². The van der Waals surface area contributed by atoms with Gasteiger partial charge in [0.2, 0.25) is 5.91 Å². The minimum atomic E-state index is -0.882. The molecule has 1 aromatic carbocycles. The van der Waals surface area contributed by atoms with E-state index in [-0.39, 0.29) is 35.2 Å². The summed E-state index contributed by atoms with van der Waals surface area (Å²) in [4.78, 5) is 13.1. The molecule has 3 N–H and O–H groups in total. The van der Waals surface area contributed by atoms with E-state index in [0.717, 1.165) is 18.6 Å². The average molecular weight is 411 g/mol. The maximum Gasteiger partial charge on any atom is 0.240 e. The molecule has 0 aliphatic heterocycles. The molecule has 3 rings (SSSR count). The predicted molar refractivity (Wildman–Crippen MR) is 114 cm³/mol. The first-order valence-electron chi connectivity index (χ1n) is 10.1. The lowest BCUT2D eigenvalue weighted by Gasteiger charge is -2.57. The third-order valence-corrected chi connectivity index (χ3v) is 7.06. The number of methoxy groups -OCH3 is 1. The van der Waals surface area contributed by atoms with E-state index in [4.69, 9.17) is 15.2 Å². The van der Waals surface area contributed by atoms with Crippen molar-refractivity contribution in [3.8, 4) is 5.75 Å². The maximum absolute atomic E-state index is 13.1. The molecule has 2 fully saturated rings. The Kier molecular flexibility index (Phi) is 7.06. The number of rotatable bonds is 7. The van der Waals surface area contributed by atoms with Gasteiger partial charge in [0.15, 0.2) is 0 Å². The molecule has 0 bridgehead atoms. The zero-order valence-corrected chi connectivity index (χ0v) is 18.4. The van der Waals surface area contributed by atoms with E-state index >= 15 is 0 Å². The minimum absolute atomic E-state index is 0. The second-order valence-corrected chi connectivity index (χ2v) is 8.71. The number of nitrogens with one attached hydrogen (secondary N) is 1. The Balaban J connectivity index is 0.00000280. The van der Waals surface area contributed by atoms with Crippen LogP contribution in [0, 0.1) is 5.41 Å². The zero-order chi connectivity index (χ0) is 19.7. The quantitative estimate of drug-likeness (QED) is 0.720. The van der Waals surface area contributed by atoms with Crippen LogP contribution >= 0.6 is 12.4 Å². The van der Waals surface area contributed by atoms with Crippen molar-refractivity contribution in [2.24, 2.45) is 11.1 Å². The molecule has 0 saturated heterocycles. The summed E-state index contributed by atoms with van der Waals surface area (Å²) in [6.07, 6.45) is 5.04. The summed E-state index contributed by atoms with van der Waals surface area (Å²) >= 11 is 0. The number of hydrogen-bond acceptors (Lipinski definition) is 4. The Bertz CT molecular complexity index is 688. The highest BCUT2D eigenvalue weighted by molar-refractivity contribution is 5.89. The van der Waals surface area contributed by atoms with Gasteiger partial charge >= 0.3 is 0 Å². The lowest BCUT2D eigenvalue weighted by atomic mass is 9.54. The van der Waals surface area contributed by atoms with E-state index < -0.39 is 5.54 Å². The van der Waals surface area contributed by atoms with Crippen LogP contribution in [0.1, 0.15) is 58.4 Å². The molecule has 5 nitrogen and oxygen atoms in total. The van der Waals surface area contributed by atoms with Gasteiger partial charge in [0.25, 0.3) is 0 Å². The number of carbonyl (C=O) groups is 1. The summed E-state index contributed by atoms with van der Waals surface area (Å²) in [6, 6.07) is 8.17. The van der Waals surface area contributed by atoms with Crippen LogP contribution in [0.5, 0.6) is 5.75 Å². The van der Waals surface area contributed by atoms with Crippen molar-refractivity contribution in [3.05, 3.63) is 29.8 Å². The molecular weight excluding hydrogens is 376 g/mol. The fourth-order valence-electron chi connectivity index (χ4n) is 4.90. The average Bonchev–Trinajstić information content (AvgIpc) is 3.15. The lowest BCUT2D eigenvalue weighted by molar-refractivity contribution is -0.170. The fourth-order valence-corrected chi connectivity index (χ4v) is 4.90. The highest BCUT2D eigenvalue weighted by Gasteiger charge is 2.63. The van der Waals surface area contributed by atoms with Gasteiger partial charge in [-0.25, -0.2) is 0 Å². The van der Waals surface area contributed by atoms with Gasteiger partial charge in [-0.2, -0.15) is 0 Å². The van der Waals surface area contributed by atoms with Crippen molar-refractivity contribution >= 4 is 18.3 Å². The minimum Gasteiger partial charge on any atom is -0.496 e. The predicted octanol–water partition coefficient (Wildman–Crippen LogP) is 3.58. The van der Waals surface area contributed by atoms with Gasteiger partial charge in [-0.15, -0.1) is 12.4 Å². The molecule has 2 saturated carbocycles. The summed E-state index contributed by atoms with van der Waals surface area (Å²) in [5.74, 6) is 0.834. The summed E-state index contributed by atoms with van der Waals surface area (Å²) in [6.45, 7) is 7.27. The third-order valence-electron chi connectivity index (χ3n) is 7.06. The molecular formula is C22H35ClN2O3. The Hall–Kier alpha value is -1.30. The second kappa shape index (κ2) is 8.60. The summed E-state index contributed by atoms with van der Waals surface area (Å²) in [7, 11) is 1.71. The van der Waals surface area contributed by atoms with Crippen molar-refractivity contribution in [2.75, 3.05) is 20.3 Å². The Morgan fingerprint density at radius 3 is 2.46 bits per heavy atom. The SMILES string of the molecule is CCOC1CC(N)(C(=O)NCC2(c3ccccc3OC)CCCC2)C1(C)C.Cl. The molecule has 0 aromatic heterocycles. The van der Waals surface area contributed by atoms with Gasteiger partial charge in [-0.3, -0.25) is 4.79 Å². The smallest absolute Gasteiger partial charge is 0.240 e. The summed E-state index contributed by atoms with van der Waals surface area (Å²) in [5, 5.41) is 3.20. The Morgan fingerprint density at radius 2 is 1.89 bits per heavy atom. The summed E-state index contributed by atoms with van der Waals surface area (Å²) < 4.78 is 11.4. The van der Waals surface area contributed by atoms with Gasteiger partial charge in [0, 0.05) is 36.0 Å². The largest absolute Gasteiger partial charge is 0.496 e. The van der Waals surface area contributed by atoms with Crippen molar-refractivity contribution < 1.29 is 14.3 Å². The van der Waals surface area contributed by atoms with E-state index in [0.29, 0.717) is 19.6 Å². The van der Waals surface area contributed by atoms with Crippen LogP contribution in [0.25, 0.3) is 0 Å². The second-order valence-electron chi connectivity index (χ2n) is 8.71. The van der Waals surface area contributed by atoms with E-state index in [2.05, 4.69) is 11.4 Å². The van der Waals surface area contributed by atoms with Gasteiger partial charge in [-0.1, -0.05) is 44.9 Å². The first kappa shape index (κ1) is 23.0. The molecule has 158 valence electrons. The molecule has 1 amide bonds. The number of benzene rings is 1. The fraction of sp³-hybridized carbons (Fsp3) is 0.682. The highest BCUT2D eigenvalue weighted by atomic mass is 35.5. The Morgan fingerprint density at radius 1 is 1.25 bits per heavy atom. The van der Waals surface area contributed by atoms with Crippen LogP contribution in [0.3, 0.4) is 0 Å². The molecule has 0 heterocycles. The number of ether oxygens (including phenoxy) is 2. The van der Waals surface area contributed by atoms with Crippen molar-refractivity contribution in [1.82, 2.24) is 5.32 Å². The van der Waals surface area contributed by atoms with Gasteiger partial charge in [0.05, 0.1) is 13.2 Å². The zero-order valence-electron chi connectivity index (χ0n) is 17.5. The maximum atomic E-state index is 13.1. The molecule has 0 spiro atoms. The van der Waals surface area contributed by atoms with Gasteiger partial charge in [0.1, 0.15) is 11.3 Å². The molecule has 0 radical (unpaired) electrons. The lowest BCUT2D eigenvalue weighted by Crippen LogP contribution is -2.76. The first-order chi connectivity index (χ1) is 12.8. The van der Waals surface area contributed by atoms with E-state index in [1.165, 1.54) is 18.4 Å². The number of hydrogen-bond donors (Lipinski definition) is 2. The molecule has 2 aliphatic rings.